The van der Waals surface area contributed by atoms with Gasteiger partial charge in [0.05, 0.1) is 25.3 Å². The Morgan fingerprint density at radius 2 is 2.11 bits per heavy atom. The zero-order valence-electron chi connectivity index (χ0n) is 15.5. The molecule has 0 spiro atoms. The summed E-state index contributed by atoms with van der Waals surface area (Å²) in [6.45, 7) is 0.760. The zero-order valence-corrected chi connectivity index (χ0v) is 15.5. The molecule has 0 saturated carbocycles. The summed E-state index contributed by atoms with van der Waals surface area (Å²) in [5, 5.41) is 5.17. The maximum Gasteiger partial charge on any atom is 0.338 e. The smallest absolute Gasteiger partial charge is 0.338 e. The number of benzene rings is 2. The molecule has 28 heavy (non-hydrogen) atoms. The number of Topliss-reactive ketones (excluding diaryl/α,β-unsaturated/α-hetero) is 1. The molecule has 1 aliphatic rings. The molecule has 4 rings (SSSR count). The van der Waals surface area contributed by atoms with Crippen molar-refractivity contribution in [2.45, 2.75) is 19.4 Å². The molecule has 142 valence electrons. The van der Waals surface area contributed by atoms with Gasteiger partial charge < -0.3 is 14.6 Å². The molecule has 2 aromatic carbocycles. The third-order valence-electron chi connectivity index (χ3n) is 4.90. The highest BCUT2D eigenvalue weighted by Crippen LogP contribution is 2.25. The summed E-state index contributed by atoms with van der Waals surface area (Å²) in [6.07, 6.45) is 4.66. The number of methoxy groups -OCH3 is 1. The highest BCUT2D eigenvalue weighted by molar-refractivity contribution is 6.04. The van der Waals surface area contributed by atoms with Crippen LogP contribution in [-0.2, 0) is 17.7 Å². The van der Waals surface area contributed by atoms with Crippen molar-refractivity contribution in [1.82, 2.24) is 9.55 Å². The van der Waals surface area contributed by atoms with E-state index in [0.717, 1.165) is 22.8 Å². The molecule has 1 aliphatic heterocycles. The molecule has 0 bridgehead atoms. The first kappa shape index (κ1) is 17.9. The Bertz CT molecular complexity index is 1080. The number of carbonyl (C=O) groups is 2. The Labute approximate surface area is 162 Å². The number of esters is 1. The van der Waals surface area contributed by atoms with Crippen LogP contribution in [0.5, 0.6) is 0 Å². The average molecular weight is 376 g/mol. The largest absolute Gasteiger partial charge is 0.465 e. The van der Waals surface area contributed by atoms with Gasteiger partial charge in [-0.1, -0.05) is 30.3 Å². The average Bonchev–Trinajstić information content (AvgIpc) is 3.03. The van der Waals surface area contributed by atoms with Crippen molar-refractivity contribution in [3.05, 3.63) is 59.5 Å². The maximum absolute atomic E-state index is 12.2. The van der Waals surface area contributed by atoms with Crippen LogP contribution in [0.25, 0.3) is 10.8 Å². The first-order valence-corrected chi connectivity index (χ1v) is 9.11. The molecule has 0 saturated heterocycles. The summed E-state index contributed by atoms with van der Waals surface area (Å²) in [4.78, 5) is 32.5. The second-order valence-corrected chi connectivity index (χ2v) is 6.58. The van der Waals surface area contributed by atoms with Crippen LogP contribution in [0.3, 0.4) is 0 Å². The van der Waals surface area contributed by atoms with E-state index in [1.54, 1.807) is 6.33 Å². The summed E-state index contributed by atoms with van der Waals surface area (Å²) in [7, 11) is 1.40. The Balaban J connectivity index is 1.59. The molecule has 0 amide bonds. The summed E-state index contributed by atoms with van der Waals surface area (Å²) in [6, 6.07) is 11.8. The van der Waals surface area contributed by atoms with Crippen molar-refractivity contribution in [3.8, 4) is 0 Å². The number of ketones is 1. The van der Waals surface area contributed by atoms with Gasteiger partial charge in [0.1, 0.15) is 12.4 Å². The Hall–Kier alpha value is -3.48. The Morgan fingerprint density at radius 1 is 1.25 bits per heavy atom. The van der Waals surface area contributed by atoms with E-state index < -0.39 is 0 Å². The van der Waals surface area contributed by atoms with Gasteiger partial charge in [-0.2, -0.15) is 0 Å². The van der Waals surface area contributed by atoms with E-state index in [-0.39, 0.29) is 18.3 Å². The number of aromatic nitrogens is 2. The predicted molar refractivity (Wildman–Crippen MR) is 107 cm³/mol. The number of rotatable bonds is 5. The van der Waals surface area contributed by atoms with Gasteiger partial charge in [0, 0.05) is 6.54 Å². The number of hydrogen-bond acceptors (Lipinski definition) is 6. The second kappa shape index (κ2) is 7.64. The third kappa shape index (κ3) is 3.26. The molecule has 0 unspecified atom stereocenters. The highest BCUT2D eigenvalue weighted by Gasteiger charge is 2.19. The maximum atomic E-state index is 12.2. The molecular formula is C21H20N4O3. The standard InChI is InChI=1S/C21H20N4O3/c1-28-21(27)17-9-8-14-5-2-3-6-15(14)16(17)7-4-10-25-13-24-19-18(26)11-22-12-23-20(19)25/h2-3,5-6,8-9,12-13H,4,7,10-11H2,1H3,(H,22,23). The first-order valence-electron chi connectivity index (χ1n) is 9.11. The number of aliphatic imine (C=N–C) groups is 1. The van der Waals surface area contributed by atoms with Gasteiger partial charge in [-0.05, 0) is 35.2 Å². The van der Waals surface area contributed by atoms with E-state index in [9.17, 15) is 9.59 Å². The van der Waals surface area contributed by atoms with Crippen molar-refractivity contribution in [2.75, 3.05) is 19.0 Å². The van der Waals surface area contributed by atoms with Crippen LogP contribution in [0, 0.1) is 0 Å². The number of hydrogen-bond donors (Lipinski definition) is 1. The van der Waals surface area contributed by atoms with E-state index in [4.69, 9.17) is 4.74 Å². The van der Waals surface area contributed by atoms with Crippen molar-refractivity contribution >= 4 is 34.7 Å². The summed E-state index contributed by atoms with van der Waals surface area (Å²) in [5.74, 6) is 0.232. The lowest BCUT2D eigenvalue weighted by Gasteiger charge is -2.13. The molecule has 7 heteroatoms. The van der Waals surface area contributed by atoms with Gasteiger partial charge in [0.25, 0.3) is 0 Å². The minimum atomic E-state index is -0.333. The highest BCUT2D eigenvalue weighted by atomic mass is 16.5. The summed E-state index contributed by atoms with van der Waals surface area (Å²) < 4.78 is 6.87. The van der Waals surface area contributed by atoms with Gasteiger partial charge in [-0.15, -0.1) is 0 Å². The van der Waals surface area contributed by atoms with Crippen LogP contribution >= 0.6 is 0 Å². The molecular weight excluding hydrogens is 356 g/mol. The lowest BCUT2D eigenvalue weighted by Crippen LogP contribution is -2.09. The molecule has 0 atom stereocenters. The molecule has 1 N–H and O–H groups in total. The number of carbonyl (C=O) groups excluding carboxylic acids is 2. The molecule has 0 aliphatic carbocycles. The Kier molecular flexibility index (Phi) is 4.89. The Morgan fingerprint density at radius 3 is 2.96 bits per heavy atom. The fraction of sp³-hybridized carbons (Fsp3) is 0.238. The molecule has 2 heterocycles. The van der Waals surface area contributed by atoms with Gasteiger partial charge in [0.15, 0.2) is 5.69 Å². The van der Waals surface area contributed by atoms with Crippen molar-refractivity contribution in [1.29, 1.82) is 0 Å². The fourth-order valence-corrected chi connectivity index (χ4v) is 3.55. The van der Waals surface area contributed by atoms with Crippen LogP contribution in [0.1, 0.15) is 32.8 Å². The normalized spacial score (nSPS) is 13.1. The number of ether oxygens (including phenoxy) is 1. The van der Waals surface area contributed by atoms with Gasteiger partial charge >= 0.3 is 5.97 Å². The van der Waals surface area contributed by atoms with Gasteiger partial charge in [-0.3, -0.25) is 9.79 Å². The second-order valence-electron chi connectivity index (χ2n) is 6.58. The number of nitrogens with one attached hydrogen (secondary N) is 1. The molecule has 3 aromatic rings. The van der Waals surface area contributed by atoms with Crippen molar-refractivity contribution in [3.63, 3.8) is 0 Å². The SMILES string of the molecule is COC(=O)c1ccc2ccccc2c1CCCn1cnc2c1NC=NCC2=O. The van der Waals surface area contributed by atoms with Crippen molar-refractivity contribution < 1.29 is 14.3 Å². The van der Waals surface area contributed by atoms with Gasteiger partial charge in [-0.25, -0.2) is 9.78 Å². The van der Waals surface area contributed by atoms with Crippen LogP contribution in [0.2, 0.25) is 0 Å². The molecule has 7 nitrogen and oxygen atoms in total. The lowest BCUT2D eigenvalue weighted by molar-refractivity contribution is 0.0599. The van der Waals surface area contributed by atoms with E-state index >= 15 is 0 Å². The van der Waals surface area contributed by atoms with Gasteiger partial charge in [0.2, 0.25) is 5.78 Å². The quantitative estimate of drug-likeness (QED) is 0.692. The van der Waals surface area contributed by atoms with Crippen LogP contribution in [-0.4, -0.2) is 41.3 Å². The van der Waals surface area contributed by atoms with Crippen molar-refractivity contribution in [2.24, 2.45) is 4.99 Å². The number of nitrogens with zero attached hydrogens (tertiary/aromatic N) is 3. The summed E-state index contributed by atoms with van der Waals surface area (Å²) >= 11 is 0. The number of aryl methyl sites for hydroxylation is 2. The monoisotopic (exact) mass is 376 g/mol. The minimum absolute atomic E-state index is 0.1000. The number of anilines is 1. The van der Waals surface area contributed by atoms with Crippen LogP contribution in [0.15, 0.2) is 47.7 Å². The minimum Gasteiger partial charge on any atom is -0.465 e. The number of imidazole rings is 1. The fourth-order valence-electron chi connectivity index (χ4n) is 3.55. The predicted octanol–water partition coefficient (Wildman–Crippen LogP) is 3.09. The molecule has 0 fully saturated rings. The lowest BCUT2D eigenvalue weighted by atomic mass is 9.95. The van der Waals surface area contributed by atoms with E-state index in [1.165, 1.54) is 13.4 Å². The van der Waals surface area contributed by atoms with Crippen LogP contribution < -0.4 is 5.32 Å². The third-order valence-corrected chi connectivity index (χ3v) is 4.90. The zero-order chi connectivity index (χ0) is 19.5. The first-order chi connectivity index (χ1) is 13.7. The summed E-state index contributed by atoms with van der Waals surface area (Å²) in [5.41, 5.74) is 1.98. The van der Waals surface area contributed by atoms with E-state index in [0.29, 0.717) is 30.0 Å². The van der Waals surface area contributed by atoms with E-state index in [1.807, 2.05) is 41.0 Å². The number of fused-ring (bicyclic) bond motifs is 2. The topological polar surface area (TPSA) is 85.6 Å². The molecule has 0 radical (unpaired) electrons. The molecule has 1 aromatic heterocycles. The van der Waals surface area contributed by atoms with Crippen LogP contribution in [0.4, 0.5) is 5.82 Å². The van der Waals surface area contributed by atoms with E-state index in [2.05, 4.69) is 15.3 Å².